The largest absolute Gasteiger partial charge is 0.396 e. The smallest absolute Gasteiger partial charge is 0.325 e. The van der Waals surface area contributed by atoms with Gasteiger partial charge in [-0.3, -0.25) is 14.9 Å². The van der Waals surface area contributed by atoms with E-state index in [1.165, 1.54) is 0 Å². The maximum absolute atomic E-state index is 12.0. The van der Waals surface area contributed by atoms with E-state index in [-0.39, 0.29) is 272 Å². The molecule has 0 saturated heterocycles. The van der Waals surface area contributed by atoms with E-state index >= 15 is 0 Å². The summed E-state index contributed by atoms with van der Waals surface area (Å²) in [6, 6.07) is -0.195. The van der Waals surface area contributed by atoms with Crippen molar-refractivity contribution in [1.29, 1.82) is 0 Å². The van der Waals surface area contributed by atoms with Gasteiger partial charge in [0.15, 0.2) is 0 Å². The standard InChI is InChI=1S/C18H38N2O7.C10H21NO4.2CH2O.8CH4.4Y/c1-5-6-7-20-27-16(23)12-15(13-22)17(18(2,3)4)19-14-26-25-11-10-24-9-8-21;1-10(2,3)11(9(14)8-13)4-6-15-7-5-12;2*1-2;;;;;;;;;;;;/h15,17,19-22H,5-14H2,1-4H3;12-13H,4-8H2,1-3H3;2*1H2;8*1H4;;;;. The molecule has 1 amide bonds. The van der Waals surface area contributed by atoms with Crippen LogP contribution in [0.15, 0.2) is 0 Å². The van der Waals surface area contributed by atoms with Gasteiger partial charge in [-0.2, -0.15) is 5.48 Å². The Morgan fingerprint density at radius 2 is 1.14 bits per heavy atom. The molecule has 0 saturated carbocycles. The van der Waals surface area contributed by atoms with Crippen molar-refractivity contribution < 1.29 is 195 Å². The molecule has 0 aromatic carbocycles. The number of ether oxygens (including phenoxy) is 2. The molecule has 2 unspecified atom stereocenters. The molecule has 0 aliphatic heterocycles. The van der Waals surface area contributed by atoms with Gasteiger partial charge in [0.2, 0.25) is 5.91 Å². The molecule has 0 rings (SSSR count). The number of nitrogens with zero attached hydrogens (tertiary/aromatic N) is 1. The minimum absolute atomic E-state index is 0. The van der Waals surface area contributed by atoms with Crippen molar-refractivity contribution in [2.75, 3.05) is 79.3 Å². The zero-order chi connectivity index (χ0) is 36.4. The molecule has 0 heterocycles. The maximum atomic E-state index is 12.0. The van der Waals surface area contributed by atoms with Crippen molar-refractivity contribution in [1.82, 2.24) is 15.7 Å². The van der Waals surface area contributed by atoms with Crippen molar-refractivity contribution in [2.45, 2.75) is 139 Å². The van der Waals surface area contributed by atoms with Crippen LogP contribution in [0, 0.1) is 11.3 Å². The Kier molecular flexibility index (Phi) is 143. The van der Waals surface area contributed by atoms with Crippen molar-refractivity contribution >= 4 is 25.5 Å². The summed E-state index contributed by atoms with van der Waals surface area (Å²) < 4.78 is 10.1. The van der Waals surface area contributed by atoms with Crippen LogP contribution in [0.4, 0.5) is 0 Å². The predicted molar refractivity (Wildman–Crippen MR) is 225 cm³/mol. The topological polar surface area (TPSA) is 223 Å². The summed E-state index contributed by atoms with van der Waals surface area (Å²) >= 11 is 0. The molecule has 0 aromatic rings. The fourth-order valence-corrected chi connectivity index (χ4v) is 3.83. The predicted octanol–water partition coefficient (Wildman–Crippen LogP) is 5.08. The van der Waals surface area contributed by atoms with Crippen LogP contribution in [0.5, 0.6) is 0 Å². The van der Waals surface area contributed by atoms with Crippen LogP contribution in [0.25, 0.3) is 0 Å². The molecule has 0 spiro atoms. The average molecular weight is 1160 g/mol. The van der Waals surface area contributed by atoms with Crippen molar-refractivity contribution in [3.8, 4) is 0 Å². The second-order valence-electron chi connectivity index (χ2n) is 11.5. The van der Waals surface area contributed by atoms with Crippen molar-refractivity contribution in [2.24, 2.45) is 11.3 Å². The SMILES string of the molecule is C.C.C.C.C.C.C.C.C=O.C=O.CC(C)(C)N(CCOCCO)C(=O)CO.CCCCNOC(=O)CC(CO)C(NCOOCCOCCO)C(C)(C)C.[Y].[Y].[Y].[Y]. The van der Waals surface area contributed by atoms with Crippen LogP contribution in [0.1, 0.15) is 127 Å². The number of rotatable bonds is 23. The van der Waals surface area contributed by atoms with E-state index in [2.05, 4.69) is 17.7 Å². The Morgan fingerprint density at radius 3 is 1.50 bits per heavy atom. The monoisotopic (exact) mass is 1160 g/mol. The van der Waals surface area contributed by atoms with Gasteiger partial charge in [0.1, 0.15) is 33.5 Å². The molecular weight excluding hydrogens is 1060 g/mol. The third kappa shape index (κ3) is 70.0. The molecule has 0 aliphatic rings. The van der Waals surface area contributed by atoms with Crippen LogP contribution in [-0.2, 0) is 174 Å². The minimum Gasteiger partial charge on any atom is -0.396 e. The van der Waals surface area contributed by atoms with Crippen LogP contribution >= 0.6 is 0 Å². The molecule has 4 radical (unpaired) electrons. The number of aliphatic hydroxyl groups is 4. The van der Waals surface area contributed by atoms with E-state index in [9.17, 15) is 14.7 Å². The zero-order valence-electron chi connectivity index (χ0n) is 31.4. The van der Waals surface area contributed by atoms with E-state index in [0.717, 1.165) is 12.8 Å². The Labute approximate surface area is 459 Å². The number of amides is 1. The third-order valence-electron chi connectivity index (χ3n) is 5.82. The number of aliphatic hydroxyl groups excluding tert-OH is 4. The van der Waals surface area contributed by atoms with Gasteiger partial charge < -0.3 is 49.2 Å². The normalized spacial score (nSPS) is 9.71. The summed E-state index contributed by atoms with van der Waals surface area (Å²) in [5.74, 6) is -1.04. The van der Waals surface area contributed by atoms with Gasteiger partial charge in [-0.15, -0.1) is 0 Å². The van der Waals surface area contributed by atoms with E-state index in [1.54, 1.807) is 4.90 Å². The first-order valence-corrected chi connectivity index (χ1v) is 15.2. The number of carbonyl (C=O) groups excluding carboxylic acids is 4. The van der Waals surface area contributed by atoms with Crippen LogP contribution < -0.4 is 10.8 Å². The Balaban J connectivity index is -0.0000000360. The van der Waals surface area contributed by atoms with Gasteiger partial charge in [-0.25, -0.2) is 9.78 Å². The van der Waals surface area contributed by atoms with Crippen molar-refractivity contribution in [3.05, 3.63) is 0 Å². The van der Waals surface area contributed by atoms with Gasteiger partial charge in [0, 0.05) is 168 Å². The fourth-order valence-electron chi connectivity index (χ4n) is 3.83. The molecule has 58 heavy (non-hydrogen) atoms. The molecule has 0 aliphatic carbocycles. The van der Waals surface area contributed by atoms with Crippen LogP contribution in [-0.4, -0.2) is 142 Å². The van der Waals surface area contributed by atoms with Crippen LogP contribution in [0.3, 0.4) is 0 Å². The van der Waals surface area contributed by atoms with E-state index in [1.807, 2.05) is 55.1 Å². The summed E-state index contributed by atoms with van der Waals surface area (Å²) in [7, 11) is 0. The third-order valence-corrected chi connectivity index (χ3v) is 5.82. The second-order valence-corrected chi connectivity index (χ2v) is 11.5. The van der Waals surface area contributed by atoms with Gasteiger partial charge >= 0.3 is 5.97 Å². The summed E-state index contributed by atoms with van der Waals surface area (Å²) in [5.41, 5.74) is 2.09. The molecule has 0 aromatic heterocycles. The molecule has 352 valence electrons. The maximum Gasteiger partial charge on any atom is 0.325 e. The molecular formula is C38H95N3O13Y4. The summed E-state index contributed by atoms with van der Waals surface area (Å²) in [6.45, 7) is 19.7. The number of hydrogen-bond donors (Lipinski definition) is 6. The van der Waals surface area contributed by atoms with Gasteiger partial charge in [0.25, 0.3) is 0 Å². The summed E-state index contributed by atoms with van der Waals surface area (Å²) in [4.78, 5) is 56.0. The summed E-state index contributed by atoms with van der Waals surface area (Å²) in [5, 5.41) is 38.8. The first-order valence-electron chi connectivity index (χ1n) is 15.2. The van der Waals surface area contributed by atoms with E-state index < -0.39 is 12.6 Å². The number of carbonyl (C=O) groups is 4. The molecule has 0 bridgehead atoms. The van der Waals surface area contributed by atoms with Gasteiger partial charge in [-0.05, 0) is 32.6 Å². The molecule has 0 fully saturated rings. The molecule has 6 N–H and O–H groups in total. The number of nitrogens with one attached hydrogen (secondary N) is 2. The first kappa shape index (κ1) is 108. The Hall–Kier alpha value is 2.30. The Morgan fingerprint density at radius 1 is 0.690 bits per heavy atom. The number of hydrogen-bond acceptors (Lipinski definition) is 15. The zero-order valence-corrected chi connectivity index (χ0v) is 42.7. The van der Waals surface area contributed by atoms with E-state index in [0.29, 0.717) is 26.3 Å². The second kappa shape index (κ2) is 76.6. The number of hydroxylamine groups is 1. The molecule has 20 heteroatoms. The van der Waals surface area contributed by atoms with Crippen LogP contribution in [0.2, 0.25) is 0 Å². The molecule has 2 atom stereocenters. The fraction of sp³-hybridized carbons (Fsp3) is 0.895. The van der Waals surface area contributed by atoms with Gasteiger partial charge in [0.05, 0.1) is 46.1 Å². The number of unbranched alkanes of at least 4 members (excludes halogenated alkanes) is 1. The van der Waals surface area contributed by atoms with Crippen molar-refractivity contribution in [3.63, 3.8) is 0 Å². The van der Waals surface area contributed by atoms with E-state index in [4.69, 9.17) is 49.0 Å². The first-order chi connectivity index (χ1) is 21.8. The Bertz CT molecular complexity index is 715. The quantitative estimate of drug-likeness (QED) is 0.0340. The average Bonchev–Trinajstić information content (AvgIpc) is 3.02. The summed E-state index contributed by atoms with van der Waals surface area (Å²) in [6.07, 6.45) is 2.02. The molecule has 16 nitrogen and oxygen atoms in total. The van der Waals surface area contributed by atoms with Gasteiger partial charge in [-0.1, -0.05) is 93.5 Å². The minimum atomic E-state index is -0.489.